The van der Waals surface area contributed by atoms with Crippen LogP contribution in [0.3, 0.4) is 0 Å². The number of nitrogens with one attached hydrogen (secondary N) is 1. The molecule has 0 aromatic heterocycles. The standard InChI is InChI=1S/C18H34N2O2/c1-17(2)12-15(13-18(3,4)19-17)11-16(22)20-8-5-14(6-9-20)7-10-21/h14-15,19,21H,5-13H2,1-4H3. The van der Waals surface area contributed by atoms with Gasteiger partial charge < -0.3 is 15.3 Å². The largest absolute Gasteiger partial charge is 0.396 e. The van der Waals surface area contributed by atoms with E-state index in [0.29, 0.717) is 24.2 Å². The van der Waals surface area contributed by atoms with Crippen molar-refractivity contribution >= 4 is 5.91 Å². The Balaban J connectivity index is 1.84. The van der Waals surface area contributed by atoms with Crippen molar-refractivity contribution in [3.05, 3.63) is 0 Å². The SMILES string of the molecule is CC1(C)CC(CC(=O)N2CCC(CCO)CC2)CC(C)(C)N1. The molecule has 128 valence electrons. The molecule has 0 aliphatic carbocycles. The summed E-state index contributed by atoms with van der Waals surface area (Å²) in [5.74, 6) is 1.42. The van der Waals surface area contributed by atoms with Gasteiger partial charge in [0.05, 0.1) is 0 Å². The highest BCUT2D eigenvalue weighted by Gasteiger charge is 2.38. The third-order valence-electron chi connectivity index (χ3n) is 5.24. The van der Waals surface area contributed by atoms with Gasteiger partial charge in [0.1, 0.15) is 0 Å². The van der Waals surface area contributed by atoms with E-state index in [1.807, 2.05) is 0 Å². The molecule has 0 bridgehead atoms. The summed E-state index contributed by atoms with van der Waals surface area (Å²) < 4.78 is 0. The van der Waals surface area contributed by atoms with Gasteiger partial charge in [0.25, 0.3) is 0 Å². The highest BCUT2D eigenvalue weighted by molar-refractivity contribution is 5.76. The van der Waals surface area contributed by atoms with E-state index in [1.54, 1.807) is 0 Å². The Morgan fingerprint density at radius 2 is 1.64 bits per heavy atom. The van der Waals surface area contributed by atoms with Gasteiger partial charge in [0, 0.05) is 37.2 Å². The van der Waals surface area contributed by atoms with Crippen molar-refractivity contribution in [2.45, 2.75) is 77.3 Å². The van der Waals surface area contributed by atoms with Crippen LogP contribution in [0.25, 0.3) is 0 Å². The highest BCUT2D eigenvalue weighted by atomic mass is 16.3. The third-order valence-corrected chi connectivity index (χ3v) is 5.24. The molecule has 0 unspecified atom stereocenters. The molecule has 2 aliphatic heterocycles. The Labute approximate surface area is 135 Å². The molecule has 2 rings (SSSR count). The predicted molar refractivity (Wildman–Crippen MR) is 89.6 cm³/mol. The summed E-state index contributed by atoms with van der Waals surface area (Å²) in [6.07, 6.45) is 5.83. The number of amides is 1. The molecule has 4 nitrogen and oxygen atoms in total. The summed E-state index contributed by atoms with van der Waals surface area (Å²) in [7, 11) is 0. The Morgan fingerprint density at radius 3 is 2.14 bits per heavy atom. The van der Waals surface area contributed by atoms with Gasteiger partial charge in [-0.15, -0.1) is 0 Å². The molecule has 2 saturated heterocycles. The normalized spacial score (nSPS) is 26.1. The van der Waals surface area contributed by atoms with Gasteiger partial charge in [-0.2, -0.15) is 0 Å². The van der Waals surface area contributed by atoms with Gasteiger partial charge in [-0.05, 0) is 71.6 Å². The lowest BCUT2D eigenvalue weighted by molar-refractivity contribution is -0.134. The quantitative estimate of drug-likeness (QED) is 0.839. The summed E-state index contributed by atoms with van der Waals surface area (Å²) in [5.41, 5.74) is 0.224. The van der Waals surface area contributed by atoms with Crippen LogP contribution in [0.5, 0.6) is 0 Å². The number of aliphatic hydroxyl groups excluding tert-OH is 1. The molecule has 2 N–H and O–H groups in total. The number of likely N-dealkylation sites (tertiary alicyclic amines) is 1. The minimum Gasteiger partial charge on any atom is -0.396 e. The molecule has 2 fully saturated rings. The third kappa shape index (κ3) is 4.95. The number of carbonyl (C=O) groups excluding carboxylic acids is 1. The second-order valence-electron chi connectivity index (χ2n) is 8.71. The molecule has 0 aromatic rings. The first-order valence-corrected chi connectivity index (χ1v) is 8.89. The minimum atomic E-state index is 0.112. The predicted octanol–water partition coefficient (Wildman–Crippen LogP) is 2.55. The fourth-order valence-corrected chi connectivity index (χ4v) is 4.71. The fourth-order valence-electron chi connectivity index (χ4n) is 4.71. The first kappa shape index (κ1) is 17.7. The van der Waals surface area contributed by atoms with Crippen molar-refractivity contribution in [3.8, 4) is 0 Å². The summed E-state index contributed by atoms with van der Waals surface area (Å²) in [6.45, 7) is 11.0. The van der Waals surface area contributed by atoms with Gasteiger partial charge in [0.15, 0.2) is 0 Å². The van der Waals surface area contributed by atoms with Crippen LogP contribution in [-0.2, 0) is 4.79 Å². The van der Waals surface area contributed by atoms with Crippen LogP contribution in [0.15, 0.2) is 0 Å². The van der Waals surface area contributed by atoms with E-state index in [-0.39, 0.29) is 17.7 Å². The molecule has 0 radical (unpaired) electrons. The Hall–Kier alpha value is -0.610. The number of nitrogens with zero attached hydrogens (tertiary/aromatic N) is 1. The molecule has 4 heteroatoms. The van der Waals surface area contributed by atoms with Crippen LogP contribution in [0.4, 0.5) is 0 Å². The summed E-state index contributed by atoms with van der Waals surface area (Å²) >= 11 is 0. The van der Waals surface area contributed by atoms with Crippen LogP contribution in [0.1, 0.15) is 66.2 Å². The number of rotatable bonds is 4. The van der Waals surface area contributed by atoms with Gasteiger partial charge >= 0.3 is 0 Å². The molecular weight excluding hydrogens is 276 g/mol. The maximum atomic E-state index is 12.6. The second-order valence-corrected chi connectivity index (χ2v) is 8.71. The Bertz CT molecular complexity index is 369. The molecule has 0 atom stereocenters. The maximum absolute atomic E-state index is 12.6. The zero-order valence-corrected chi connectivity index (χ0v) is 14.8. The van der Waals surface area contributed by atoms with E-state index in [1.165, 1.54) is 0 Å². The molecule has 0 spiro atoms. The van der Waals surface area contributed by atoms with Gasteiger partial charge in [0.2, 0.25) is 5.91 Å². The average molecular weight is 310 g/mol. The van der Waals surface area contributed by atoms with Crippen LogP contribution in [0.2, 0.25) is 0 Å². The van der Waals surface area contributed by atoms with Crippen molar-refractivity contribution in [2.24, 2.45) is 11.8 Å². The monoisotopic (exact) mass is 310 g/mol. The van der Waals surface area contributed by atoms with E-state index in [2.05, 4.69) is 37.9 Å². The van der Waals surface area contributed by atoms with Crippen LogP contribution >= 0.6 is 0 Å². The maximum Gasteiger partial charge on any atom is 0.222 e. The number of aliphatic hydroxyl groups is 1. The number of piperidine rings is 2. The average Bonchev–Trinajstić information content (AvgIpc) is 2.36. The van der Waals surface area contributed by atoms with Crippen molar-refractivity contribution in [3.63, 3.8) is 0 Å². The summed E-state index contributed by atoms with van der Waals surface area (Å²) in [6, 6.07) is 0. The number of carbonyl (C=O) groups is 1. The zero-order valence-electron chi connectivity index (χ0n) is 14.8. The lowest BCUT2D eigenvalue weighted by Crippen LogP contribution is -2.58. The second kappa shape index (κ2) is 6.88. The molecule has 2 aliphatic rings. The smallest absolute Gasteiger partial charge is 0.222 e. The lowest BCUT2D eigenvalue weighted by atomic mass is 9.74. The van der Waals surface area contributed by atoms with Gasteiger partial charge in [-0.3, -0.25) is 4.79 Å². The topological polar surface area (TPSA) is 52.6 Å². The van der Waals surface area contributed by atoms with E-state index in [0.717, 1.165) is 45.2 Å². The lowest BCUT2D eigenvalue weighted by Gasteiger charge is -2.47. The first-order chi connectivity index (χ1) is 10.2. The Kier molecular flexibility index (Phi) is 5.54. The van der Waals surface area contributed by atoms with Gasteiger partial charge in [-0.25, -0.2) is 0 Å². The van der Waals surface area contributed by atoms with E-state index < -0.39 is 0 Å². The van der Waals surface area contributed by atoms with Crippen LogP contribution in [0, 0.1) is 11.8 Å². The number of hydrogen-bond acceptors (Lipinski definition) is 3. The van der Waals surface area contributed by atoms with E-state index >= 15 is 0 Å². The van der Waals surface area contributed by atoms with Crippen LogP contribution in [-0.4, -0.2) is 46.7 Å². The van der Waals surface area contributed by atoms with E-state index in [4.69, 9.17) is 5.11 Å². The first-order valence-electron chi connectivity index (χ1n) is 8.89. The molecular formula is C18H34N2O2. The molecule has 1 amide bonds. The van der Waals surface area contributed by atoms with Crippen molar-refractivity contribution in [1.29, 1.82) is 0 Å². The number of hydrogen-bond donors (Lipinski definition) is 2. The highest BCUT2D eigenvalue weighted by Crippen LogP contribution is 2.35. The van der Waals surface area contributed by atoms with Crippen molar-refractivity contribution < 1.29 is 9.90 Å². The van der Waals surface area contributed by atoms with Crippen molar-refractivity contribution in [1.82, 2.24) is 10.2 Å². The summed E-state index contributed by atoms with van der Waals surface area (Å²) in [5, 5.41) is 12.7. The molecule has 2 heterocycles. The molecule has 0 saturated carbocycles. The Morgan fingerprint density at radius 1 is 1.09 bits per heavy atom. The molecule has 22 heavy (non-hydrogen) atoms. The van der Waals surface area contributed by atoms with E-state index in [9.17, 15) is 4.79 Å². The zero-order chi connectivity index (χ0) is 16.4. The fraction of sp³-hybridized carbons (Fsp3) is 0.944. The van der Waals surface area contributed by atoms with Crippen molar-refractivity contribution in [2.75, 3.05) is 19.7 Å². The van der Waals surface area contributed by atoms with Crippen LogP contribution < -0.4 is 5.32 Å². The summed E-state index contributed by atoms with van der Waals surface area (Å²) in [4.78, 5) is 14.7. The minimum absolute atomic E-state index is 0.112. The molecule has 0 aromatic carbocycles. The van der Waals surface area contributed by atoms with Gasteiger partial charge in [-0.1, -0.05) is 0 Å².